The van der Waals surface area contributed by atoms with E-state index in [1.807, 2.05) is 30.3 Å². The van der Waals surface area contributed by atoms with Crippen molar-refractivity contribution >= 4 is 11.4 Å². The Morgan fingerprint density at radius 2 is 1.89 bits per heavy atom. The monoisotopic (exact) mass is 258 g/mol. The van der Waals surface area contributed by atoms with Crippen LogP contribution in [0.25, 0.3) is 0 Å². The lowest BCUT2D eigenvalue weighted by atomic mass is 10.1. The summed E-state index contributed by atoms with van der Waals surface area (Å²) < 4.78 is 0.215. The van der Waals surface area contributed by atoms with Gasteiger partial charge in [-0.15, -0.1) is 4.73 Å². The molecule has 0 radical (unpaired) electrons. The lowest BCUT2D eigenvalue weighted by Gasteiger charge is -2.10. The Bertz CT molecular complexity index is 688. The third-order valence-electron chi connectivity index (χ3n) is 2.78. The van der Waals surface area contributed by atoms with Gasteiger partial charge in [-0.05, 0) is 31.5 Å². The van der Waals surface area contributed by atoms with Gasteiger partial charge in [0.25, 0.3) is 5.56 Å². The summed E-state index contributed by atoms with van der Waals surface area (Å²) in [6.07, 6.45) is 0. The topological polar surface area (TPSA) is 74.8 Å². The van der Waals surface area contributed by atoms with Crippen molar-refractivity contribution in [3.63, 3.8) is 0 Å². The van der Waals surface area contributed by atoms with Crippen LogP contribution >= 0.6 is 0 Å². The van der Waals surface area contributed by atoms with Crippen LogP contribution in [0.2, 0.25) is 0 Å². The molecule has 5 nitrogen and oxygen atoms in total. The van der Waals surface area contributed by atoms with Crippen LogP contribution in [0.15, 0.2) is 46.2 Å². The molecule has 98 valence electrons. The molecule has 2 N–H and O–H groups in total. The molecule has 0 aliphatic carbocycles. The van der Waals surface area contributed by atoms with Crippen molar-refractivity contribution in [1.29, 1.82) is 0 Å². The molecule has 0 saturated heterocycles. The summed E-state index contributed by atoms with van der Waals surface area (Å²) in [5, 5.41) is 19.3. The number of aromatic hydroxyl groups is 1. The van der Waals surface area contributed by atoms with Crippen LogP contribution in [0.4, 0.5) is 5.69 Å². The van der Waals surface area contributed by atoms with Gasteiger partial charge in [0.1, 0.15) is 0 Å². The first-order valence-corrected chi connectivity index (χ1v) is 5.76. The Morgan fingerprint density at radius 1 is 1.26 bits per heavy atom. The van der Waals surface area contributed by atoms with E-state index in [4.69, 9.17) is 0 Å². The second-order valence-corrected chi connectivity index (χ2v) is 4.21. The molecule has 5 heteroatoms. The highest BCUT2D eigenvalue weighted by molar-refractivity contribution is 6.03. The first-order chi connectivity index (χ1) is 9.00. The first kappa shape index (κ1) is 12.9. The molecule has 2 aromatic rings. The van der Waals surface area contributed by atoms with Gasteiger partial charge in [0, 0.05) is 6.07 Å². The first-order valence-electron chi connectivity index (χ1n) is 5.76. The van der Waals surface area contributed by atoms with Crippen molar-refractivity contribution in [2.75, 3.05) is 0 Å². The zero-order chi connectivity index (χ0) is 14.0. The van der Waals surface area contributed by atoms with Crippen molar-refractivity contribution < 1.29 is 10.3 Å². The van der Waals surface area contributed by atoms with Gasteiger partial charge in [-0.25, -0.2) is 0 Å². The zero-order valence-electron chi connectivity index (χ0n) is 10.7. The highest BCUT2D eigenvalue weighted by Gasteiger charge is 2.14. The average molecular weight is 258 g/mol. The summed E-state index contributed by atoms with van der Waals surface area (Å²) in [5.41, 5.74) is 1.49. The predicted octanol–water partition coefficient (Wildman–Crippen LogP) is 2.24. The van der Waals surface area contributed by atoms with Crippen LogP contribution in [0.3, 0.4) is 0 Å². The van der Waals surface area contributed by atoms with Gasteiger partial charge in [0.2, 0.25) is 5.88 Å². The Hall–Kier alpha value is -2.56. The van der Waals surface area contributed by atoms with Gasteiger partial charge in [-0.1, -0.05) is 18.2 Å². The van der Waals surface area contributed by atoms with Crippen LogP contribution in [-0.2, 0) is 0 Å². The maximum absolute atomic E-state index is 11.3. The standard InChI is InChI=1S/C14H14N2O3/c1-9-8-12(17)16(19)14(18)13(9)10(2)15-11-6-4-3-5-7-11/h3-8,18-19H,1-2H3. The lowest BCUT2D eigenvalue weighted by molar-refractivity contribution is 0.143. The number of hydrogen-bond donors (Lipinski definition) is 2. The van der Waals surface area contributed by atoms with Crippen molar-refractivity contribution in [1.82, 2.24) is 4.73 Å². The summed E-state index contributed by atoms with van der Waals surface area (Å²) in [7, 11) is 0. The molecular formula is C14H14N2O3. The third-order valence-corrected chi connectivity index (χ3v) is 2.78. The fourth-order valence-electron chi connectivity index (χ4n) is 1.90. The Kier molecular flexibility index (Phi) is 3.37. The molecule has 0 spiro atoms. The predicted molar refractivity (Wildman–Crippen MR) is 72.6 cm³/mol. The van der Waals surface area contributed by atoms with Gasteiger partial charge in [0.15, 0.2) is 0 Å². The second kappa shape index (κ2) is 4.97. The highest BCUT2D eigenvalue weighted by Crippen LogP contribution is 2.21. The van der Waals surface area contributed by atoms with Gasteiger partial charge >= 0.3 is 0 Å². The van der Waals surface area contributed by atoms with Crippen LogP contribution < -0.4 is 5.56 Å². The minimum Gasteiger partial charge on any atom is -0.492 e. The molecule has 2 rings (SSSR count). The van der Waals surface area contributed by atoms with E-state index in [0.717, 1.165) is 5.69 Å². The summed E-state index contributed by atoms with van der Waals surface area (Å²) in [6, 6.07) is 10.5. The van der Waals surface area contributed by atoms with Crippen LogP contribution in [0.5, 0.6) is 5.88 Å². The number of para-hydroxylation sites is 1. The minimum atomic E-state index is -0.675. The number of hydrogen-bond acceptors (Lipinski definition) is 4. The highest BCUT2D eigenvalue weighted by atomic mass is 16.5. The smallest absolute Gasteiger partial charge is 0.286 e. The number of aryl methyl sites for hydroxylation is 1. The van der Waals surface area contributed by atoms with Gasteiger partial charge < -0.3 is 10.3 Å². The van der Waals surface area contributed by atoms with Crippen molar-refractivity contribution in [2.24, 2.45) is 4.99 Å². The van der Waals surface area contributed by atoms with E-state index in [1.54, 1.807) is 13.8 Å². The van der Waals surface area contributed by atoms with Gasteiger partial charge in [-0.3, -0.25) is 9.79 Å². The van der Waals surface area contributed by atoms with Crippen LogP contribution in [-0.4, -0.2) is 20.8 Å². The molecule has 0 atom stereocenters. The molecule has 0 aliphatic rings. The number of aromatic nitrogens is 1. The molecule has 0 saturated carbocycles. The number of nitrogens with zero attached hydrogens (tertiary/aromatic N) is 2. The fraction of sp³-hybridized carbons (Fsp3) is 0.143. The largest absolute Gasteiger partial charge is 0.492 e. The van der Waals surface area contributed by atoms with E-state index >= 15 is 0 Å². The van der Waals surface area contributed by atoms with E-state index in [2.05, 4.69) is 4.99 Å². The maximum Gasteiger partial charge on any atom is 0.286 e. The van der Waals surface area contributed by atoms with Crippen molar-refractivity contribution in [2.45, 2.75) is 13.8 Å². The molecule has 0 aliphatic heterocycles. The van der Waals surface area contributed by atoms with E-state index in [1.165, 1.54) is 6.07 Å². The van der Waals surface area contributed by atoms with Gasteiger partial charge in [0.05, 0.1) is 17.0 Å². The van der Waals surface area contributed by atoms with Crippen LogP contribution in [0.1, 0.15) is 18.1 Å². The third kappa shape index (κ3) is 2.49. The molecule has 1 heterocycles. The van der Waals surface area contributed by atoms with Crippen molar-refractivity contribution in [3.05, 3.63) is 57.9 Å². The molecule has 1 aromatic heterocycles. The van der Waals surface area contributed by atoms with E-state index in [-0.39, 0.29) is 4.73 Å². The second-order valence-electron chi connectivity index (χ2n) is 4.21. The van der Waals surface area contributed by atoms with Crippen molar-refractivity contribution in [3.8, 4) is 5.88 Å². The SMILES string of the molecule is CC(=Nc1ccccc1)c1c(C)cc(=O)n(O)c1O. The zero-order valence-corrected chi connectivity index (χ0v) is 10.7. The van der Waals surface area contributed by atoms with Gasteiger partial charge in [-0.2, -0.15) is 0 Å². The Morgan fingerprint density at radius 3 is 2.53 bits per heavy atom. The lowest BCUT2D eigenvalue weighted by Crippen LogP contribution is -2.20. The van der Waals surface area contributed by atoms with E-state index in [9.17, 15) is 15.1 Å². The molecule has 0 fully saturated rings. The minimum absolute atomic E-state index is 0.215. The Labute approximate surface area is 110 Å². The summed E-state index contributed by atoms with van der Waals surface area (Å²) in [5.74, 6) is -0.498. The summed E-state index contributed by atoms with van der Waals surface area (Å²) in [4.78, 5) is 15.7. The average Bonchev–Trinajstić information content (AvgIpc) is 2.37. The summed E-state index contributed by atoms with van der Waals surface area (Å²) >= 11 is 0. The van der Waals surface area contributed by atoms with E-state index < -0.39 is 11.4 Å². The summed E-state index contributed by atoms with van der Waals surface area (Å²) in [6.45, 7) is 3.39. The molecule has 0 bridgehead atoms. The van der Waals surface area contributed by atoms with Crippen LogP contribution in [0, 0.1) is 6.92 Å². The quantitative estimate of drug-likeness (QED) is 0.640. The molecule has 1 aromatic carbocycles. The normalized spacial score (nSPS) is 11.6. The number of rotatable bonds is 2. The Balaban J connectivity index is 2.57. The number of benzene rings is 1. The molecule has 0 amide bonds. The number of pyridine rings is 1. The molecule has 19 heavy (non-hydrogen) atoms. The molecule has 0 unspecified atom stereocenters. The maximum atomic E-state index is 11.3. The fourth-order valence-corrected chi connectivity index (χ4v) is 1.90. The van der Waals surface area contributed by atoms with E-state index in [0.29, 0.717) is 16.8 Å². The molecular weight excluding hydrogens is 244 g/mol. The number of aliphatic imine (C=N–C) groups is 1.